The molecule has 7 heteroatoms. The maximum Gasteiger partial charge on any atom is 0.254 e. The van der Waals surface area contributed by atoms with Gasteiger partial charge in [0, 0.05) is 13.2 Å². The molecular weight excluding hydrogens is 286 g/mol. The number of amides is 1. The number of nitrogens with zero attached hydrogens (tertiary/aromatic N) is 4. The molecule has 6 nitrogen and oxygen atoms in total. The Morgan fingerprint density at radius 1 is 1.48 bits per heavy atom. The van der Waals surface area contributed by atoms with Crippen LogP contribution < -0.4 is 5.32 Å². The Morgan fingerprint density at radius 2 is 2.29 bits per heavy atom. The van der Waals surface area contributed by atoms with Gasteiger partial charge < -0.3 is 5.32 Å². The maximum atomic E-state index is 12.6. The van der Waals surface area contributed by atoms with Crippen molar-refractivity contribution in [2.75, 3.05) is 6.26 Å². The molecule has 3 rings (SSSR count). The summed E-state index contributed by atoms with van der Waals surface area (Å²) < 4.78 is 1.72. The lowest BCUT2D eigenvalue weighted by Gasteiger charge is -2.18. The van der Waals surface area contributed by atoms with Crippen molar-refractivity contribution in [1.29, 1.82) is 0 Å². The summed E-state index contributed by atoms with van der Waals surface area (Å²) >= 11 is 1.47. The van der Waals surface area contributed by atoms with Crippen molar-refractivity contribution in [2.45, 2.75) is 23.9 Å². The van der Waals surface area contributed by atoms with Gasteiger partial charge in [-0.05, 0) is 37.1 Å². The van der Waals surface area contributed by atoms with Gasteiger partial charge in [-0.2, -0.15) is 5.10 Å². The smallest absolute Gasteiger partial charge is 0.254 e. The molecule has 21 heavy (non-hydrogen) atoms. The highest BCUT2D eigenvalue weighted by Crippen LogP contribution is 2.40. The van der Waals surface area contributed by atoms with Crippen LogP contribution in [0, 0.1) is 5.92 Å². The van der Waals surface area contributed by atoms with Crippen molar-refractivity contribution in [3.8, 4) is 0 Å². The Labute approximate surface area is 127 Å². The van der Waals surface area contributed by atoms with Crippen LogP contribution in [0.25, 0.3) is 0 Å². The van der Waals surface area contributed by atoms with E-state index in [1.54, 1.807) is 23.0 Å². The van der Waals surface area contributed by atoms with E-state index in [0.29, 0.717) is 11.5 Å². The number of carbonyl (C=O) groups is 1. The lowest BCUT2D eigenvalue weighted by molar-refractivity contribution is 0.0925. The summed E-state index contributed by atoms with van der Waals surface area (Å²) in [5.74, 6) is 1.15. The molecule has 0 radical (unpaired) electrons. The van der Waals surface area contributed by atoms with Crippen LogP contribution in [-0.4, -0.2) is 31.9 Å². The molecule has 1 amide bonds. The van der Waals surface area contributed by atoms with E-state index in [0.717, 1.165) is 23.7 Å². The monoisotopic (exact) mass is 303 g/mol. The van der Waals surface area contributed by atoms with Crippen molar-refractivity contribution in [3.05, 3.63) is 36.0 Å². The first kappa shape index (κ1) is 14.1. The summed E-state index contributed by atoms with van der Waals surface area (Å²) in [7, 11) is 1.85. The number of aryl methyl sites for hydroxylation is 1. The molecule has 2 aromatic rings. The van der Waals surface area contributed by atoms with Gasteiger partial charge in [-0.1, -0.05) is 0 Å². The van der Waals surface area contributed by atoms with E-state index in [4.69, 9.17) is 0 Å². The molecule has 1 atom stereocenters. The molecule has 0 aromatic carbocycles. The Balaban J connectivity index is 1.83. The first-order valence-electron chi connectivity index (χ1n) is 6.84. The highest BCUT2D eigenvalue weighted by molar-refractivity contribution is 7.98. The molecule has 0 spiro atoms. The van der Waals surface area contributed by atoms with Crippen LogP contribution in [0.4, 0.5) is 0 Å². The molecule has 0 saturated heterocycles. The van der Waals surface area contributed by atoms with Crippen molar-refractivity contribution < 1.29 is 4.79 Å². The predicted molar refractivity (Wildman–Crippen MR) is 80.0 cm³/mol. The highest BCUT2D eigenvalue weighted by Gasteiger charge is 2.36. The Bertz CT molecular complexity index is 652. The van der Waals surface area contributed by atoms with Gasteiger partial charge >= 0.3 is 0 Å². The second-order valence-corrected chi connectivity index (χ2v) is 5.89. The molecule has 1 aliphatic carbocycles. The number of nitrogens with one attached hydrogen (secondary N) is 1. The van der Waals surface area contributed by atoms with Crippen molar-refractivity contribution in [2.24, 2.45) is 13.0 Å². The zero-order chi connectivity index (χ0) is 14.8. The minimum Gasteiger partial charge on any atom is -0.342 e. The minimum absolute atomic E-state index is 0.0834. The van der Waals surface area contributed by atoms with E-state index < -0.39 is 0 Å². The SMILES string of the molecule is CSc1ncccc1C(=O)N[C@H](c1ncnn1C)C1CC1. The average molecular weight is 303 g/mol. The number of pyridine rings is 1. The molecule has 1 saturated carbocycles. The fourth-order valence-corrected chi connectivity index (χ4v) is 2.90. The first-order valence-corrected chi connectivity index (χ1v) is 8.07. The third kappa shape index (κ3) is 2.92. The summed E-state index contributed by atoms with van der Waals surface area (Å²) in [5.41, 5.74) is 0.609. The Kier molecular flexibility index (Phi) is 3.92. The Morgan fingerprint density at radius 3 is 2.90 bits per heavy atom. The molecule has 1 aliphatic rings. The van der Waals surface area contributed by atoms with E-state index in [-0.39, 0.29) is 11.9 Å². The molecule has 2 heterocycles. The van der Waals surface area contributed by atoms with Crippen LogP contribution in [-0.2, 0) is 7.05 Å². The van der Waals surface area contributed by atoms with Crippen molar-refractivity contribution in [1.82, 2.24) is 25.1 Å². The van der Waals surface area contributed by atoms with E-state index in [9.17, 15) is 4.79 Å². The van der Waals surface area contributed by atoms with Crippen LogP contribution in [0.1, 0.15) is 35.1 Å². The standard InChI is InChI=1S/C14H17N5OS/c1-19-12(16-8-17-19)11(9-5-6-9)18-13(20)10-4-3-7-15-14(10)21-2/h3-4,7-9,11H,5-6H2,1-2H3,(H,18,20)/t11-/m0/s1. The fraction of sp³-hybridized carbons (Fsp3) is 0.429. The van der Waals surface area contributed by atoms with Gasteiger partial charge in [-0.25, -0.2) is 9.97 Å². The third-order valence-electron chi connectivity index (χ3n) is 3.61. The zero-order valence-electron chi connectivity index (χ0n) is 12.0. The number of rotatable bonds is 5. The number of hydrogen-bond acceptors (Lipinski definition) is 5. The van der Waals surface area contributed by atoms with Crippen molar-refractivity contribution in [3.63, 3.8) is 0 Å². The maximum absolute atomic E-state index is 12.6. The van der Waals surface area contributed by atoms with Crippen LogP contribution in [0.15, 0.2) is 29.7 Å². The highest BCUT2D eigenvalue weighted by atomic mass is 32.2. The number of carbonyl (C=O) groups excluding carboxylic acids is 1. The van der Waals surface area contributed by atoms with Crippen molar-refractivity contribution >= 4 is 17.7 Å². The molecule has 2 aromatic heterocycles. The lowest BCUT2D eigenvalue weighted by Crippen LogP contribution is -2.32. The largest absolute Gasteiger partial charge is 0.342 e. The molecule has 0 aliphatic heterocycles. The quantitative estimate of drug-likeness (QED) is 0.853. The molecule has 0 unspecified atom stereocenters. The summed E-state index contributed by atoms with van der Waals surface area (Å²) in [6.07, 6.45) is 7.36. The summed E-state index contributed by atoms with van der Waals surface area (Å²) in [5, 5.41) is 7.94. The fourth-order valence-electron chi connectivity index (χ4n) is 2.35. The second-order valence-electron chi connectivity index (χ2n) is 5.09. The van der Waals surface area contributed by atoms with Gasteiger partial charge in [0.2, 0.25) is 0 Å². The number of aromatic nitrogens is 4. The molecule has 110 valence electrons. The van der Waals surface area contributed by atoms with E-state index in [1.807, 2.05) is 13.3 Å². The summed E-state index contributed by atoms with van der Waals surface area (Å²) in [6, 6.07) is 3.50. The molecule has 1 fully saturated rings. The van der Waals surface area contributed by atoms with Crippen LogP contribution in [0.3, 0.4) is 0 Å². The van der Waals surface area contributed by atoms with Crippen LogP contribution >= 0.6 is 11.8 Å². The topological polar surface area (TPSA) is 72.7 Å². The predicted octanol–water partition coefficient (Wildman–Crippen LogP) is 1.81. The number of hydrogen-bond donors (Lipinski definition) is 1. The van der Waals surface area contributed by atoms with Gasteiger partial charge in [-0.15, -0.1) is 11.8 Å². The zero-order valence-corrected chi connectivity index (χ0v) is 12.8. The summed E-state index contributed by atoms with van der Waals surface area (Å²) in [4.78, 5) is 21.1. The molecule has 0 bridgehead atoms. The summed E-state index contributed by atoms with van der Waals surface area (Å²) in [6.45, 7) is 0. The normalized spacial score (nSPS) is 15.7. The van der Waals surface area contributed by atoms with Gasteiger partial charge in [-0.3, -0.25) is 9.48 Å². The molecular formula is C14H17N5OS. The van der Waals surface area contributed by atoms with Gasteiger partial charge in [0.1, 0.15) is 17.2 Å². The van der Waals surface area contributed by atoms with E-state index in [1.165, 1.54) is 18.1 Å². The van der Waals surface area contributed by atoms with E-state index in [2.05, 4.69) is 20.4 Å². The van der Waals surface area contributed by atoms with Gasteiger partial charge in [0.15, 0.2) is 0 Å². The molecule has 1 N–H and O–H groups in total. The average Bonchev–Trinajstić information content (AvgIpc) is 3.26. The van der Waals surface area contributed by atoms with E-state index >= 15 is 0 Å². The lowest BCUT2D eigenvalue weighted by atomic mass is 10.1. The first-order chi connectivity index (χ1) is 10.2. The van der Waals surface area contributed by atoms with Gasteiger partial charge in [0.05, 0.1) is 11.6 Å². The minimum atomic E-state index is -0.104. The Hall–Kier alpha value is -1.89. The number of thioether (sulfide) groups is 1. The van der Waals surface area contributed by atoms with Gasteiger partial charge in [0.25, 0.3) is 5.91 Å². The van der Waals surface area contributed by atoms with Crippen LogP contribution in [0.5, 0.6) is 0 Å². The third-order valence-corrected chi connectivity index (χ3v) is 4.33. The van der Waals surface area contributed by atoms with Crippen LogP contribution in [0.2, 0.25) is 0 Å². The second kappa shape index (κ2) is 5.85.